The summed E-state index contributed by atoms with van der Waals surface area (Å²) in [6.45, 7) is -0.293. The van der Waals surface area contributed by atoms with Crippen LogP contribution in [0.1, 0.15) is 20.7 Å². The van der Waals surface area contributed by atoms with Crippen LogP contribution in [0.15, 0.2) is 22.7 Å². The van der Waals surface area contributed by atoms with Crippen molar-refractivity contribution >= 4 is 39.6 Å². The molecule has 1 N–H and O–H groups in total. The number of hydrogen-bond donors (Lipinski definition) is 1. The number of carboxylic acid groups (broad SMARTS) is 1. The van der Waals surface area contributed by atoms with E-state index in [-0.39, 0.29) is 30.9 Å². The van der Waals surface area contributed by atoms with Crippen LogP contribution in [0.3, 0.4) is 0 Å². The maximum atomic E-state index is 12.4. The highest BCUT2D eigenvalue weighted by atomic mass is 79.9. The van der Waals surface area contributed by atoms with Crippen molar-refractivity contribution in [3.63, 3.8) is 0 Å². The van der Waals surface area contributed by atoms with Gasteiger partial charge in [-0.1, -0.05) is 15.9 Å². The lowest BCUT2D eigenvalue weighted by atomic mass is 10.1. The minimum atomic E-state index is -1.19. The number of carbonyl (C=O) groups excluding carboxylic acids is 3. The van der Waals surface area contributed by atoms with Crippen LogP contribution >= 0.6 is 15.9 Å². The van der Waals surface area contributed by atoms with E-state index in [1.807, 2.05) is 0 Å². The Morgan fingerprint density at radius 1 is 1.25 bits per heavy atom. The molecule has 1 unspecified atom stereocenters. The van der Waals surface area contributed by atoms with Gasteiger partial charge in [-0.25, -0.2) is 4.79 Å². The molecule has 2 aliphatic heterocycles. The summed E-state index contributed by atoms with van der Waals surface area (Å²) in [6.07, 6.45) is 0. The van der Waals surface area contributed by atoms with Crippen LogP contribution in [0, 0.1) is 0 Å². The molecule has 1 fully saturated rings. The summed E-state index contributed by atoms with van der Waals surface area (Å²) in [5, 5.41) is 9.17. The van der Waals surface area contributed by atoms with Crippen LogP contribution in [0.25, 0.3) is 0 Å². The summed E-state index contributed by atoms with van der Waals surface area (Å²) in [7, 11) is 0. The average Bonchev–Trinajstić information content (AvgIpc) is 2.79. The fourth-order valence-corrected chi connectivity index (χ4v) is 3.10. The zero-order chi connectivity index (χ0) is 17.4. The lowest BCUT2D eigenvalue weighted by molar-refractivity contribution is -0.158. The van der Waals surface area contributed by atoms with Gasteiger partial charge in [-0.3, -0.25) is 19.3 Å². The highest BCUT2D eigenvalue weighted by Crippen LogP contribution is 2.26. The van der Waals surface area contributed by atoms with Crippen molar-refractivity contribution < 1.29 is 29.0 Å². The molecule has 0 saturated carbocycles. The average molecular weight is 397 g/mol. The van der Waals surface area contributed by atoms with Gasteiger partial charge >= 0.3 is 5.97 Å². The van der Waals surface area contributed by atoms with Crippen molar-refractivity contribution in [1.29, 1.82) is 0 Å². The molecule has 9 heteroatoms. The molecular weight excluding hydrogens is 384 g/mol. The Morgan fingerprint density at radius 3 is 2.67 bits per heavy atom. The van der Waals surface area contributed by atoms with Crippen molar-refractivity contribution in [2.24, 2.45) is 0 Å². The fraction of sp³-hybridized carbons (Fsp3) is 0.333. The molecule has 126 valence electrons. The van der Waals surface area contributed by atoms with E-state index in [1.54, 1.807) is 6.07 Å². The third-order valence-corrected chi connectivity index (χ3v) is 4.45. The van der Waals surface area contributed by atoms with Gasteiger partial charge in [0.1, 0.15) is 6.54 Å². The second-order valence-electron chi connectivity index (χ2n) is 5.40. The molecule has 0 radical (unpaired) electrons. The third kappa shape index (κ3) is 2.80. The first-order chi connectivity index (χ1) is 11.4. The minimum absolute atomic E-state index is 0.102. The number of nitrogens with zero attached hydrogens (tertiary/aromatic N) is 2. The van der Waals surface area contributed by atoms with Crippen LogP contribution in [0.2, 0.25) is 0 Å². The van der Waals surface area contributed by atoms with Gasteiger partial charge in [-0.05, 0) is 18.2 Å². The van der Waals surface area contributed by atoms with Gasteiger partial charge in [-0.2, -0.15) is 0 Å². The standard InChI is InChI=1S/C15H13BrN2O6/c16-8-1-2-9-10(5-8)14(21)18(13(9)20)6-12(19)17-3-4-24-7-11(17)15(22)23/h1-2,5,11H,3-4,6-7H2,(H,22,23). The number of fused-ring (bicyclic) bond motifs is 1. The first-order valence-corrected chi connectivity index (χ1v) is 7.95. The molecule has 1 aromatic rings. The van der Waals surface area contributed by atoms with Crippen molar-refractivity contribution in [3.05, 3.63) is 33.8 Å². The number of imide groups is 1. The minimum Gasteiger partial charge on any atom is -0.480 e. The van der Waals surface area contributed by atoms with Gasteiger partial charge in [0.25, 0.3) is 11.8 Å². The van der Waals surface area contributed by atoms with E-state index in [4.69, 9.17) is 9.84 Å². The quantitative estimate of drug-likeness (QED) is 0.739. The molecule has 3 rings (SSSR count). The van der Waals surface area contributed by atoms with Crippen molar-refractivity contribution in [3.8, 4) is 0 Å². The van der Waals surface area contributed by atoms with E-state index >= 15 is 0 Å². The maximum Gasteiger partial charge on any atom is 0.328 e. The van der Waals surface area contributed by atoms with Crippen LogP contribution in [-0.4, -0.2) is 70.9 Å². The van der Waals surface area contributed by atoms with E-state index in [1.165, 1.54) is 12.1 Å². The van der Waals surface area contributed by atoms with E-state index in [2.05, 4.69) is 15.9 Å². The molecule has 24 heavy (non-hydrogen) atoms. The smallest absolute Gasteiger partial charge is 0.328 e. The molecule has 2 aliphatic rings. The number of aliphatic carboxylic acids is 1. The summed E-state index contributed by atoms with van der Waals surface area (Å²) >= 11 is 3.23. The van der Waals surface area contributed by atoms with Crippen molar-refractivity contribution in [2.45, 2.75) is 6.04 Å². The monoisotopic (exact) mass is 396 g/mol. The number of halogens is 1. The number of benzene rings is 1. The van der Waals surface area contributed by atoms with Gasteiger partial charge in [-0.15, -0.1) is 0 Å². The lowest BCUT2D eigenvalue weighted by Crippen LogP contribution is -2.55. The molecule has 2 heterocycles. The van der Waals surface area contributed by atoms with E-state index in [0.717, 1.165) is 9.80 Å². The van der Waals surface area contributed by atoms with Crippen molar-refractivity contribution in [1.82, 2.24) is 9.80 Å². The van der Waals surface area contributed by atoms with Crippen LogP contribution in [0.4, 0.5) is 0 Å². The number of carbonyl (C=O) groups is 4. The molecule has 1 saturated heterocycles. The normalized spacial score (nSPS) is 20.3. The topological polar surface area (TPSA) is 104 Å². The predicted octanol–water partition coefficient (Wildman–Crippen LogP) is 0.357. The lowest BCUT2D eigenvalue weighted by Gasteiger charge is -2.33. The first-order valence-electron chi connectivity index (χ1n) is 7.16. The highest BCUT2D eigenvalue weighted by Gasteiger charge is 2.39. The second-order valence-corrected chi connectivity index (χ2v) is 6.32. The Hall–Kier alpha value is -2.26. The van der Waals surface area contributed by atoms with Gasteiger partial charge in [0.05, 0.1) is 24.3 Å². The maximum absolute atomic E-state index is 12.4. The number of morpholine rings is 1. The Balaban J connectivity index is 1.79. The van der Waals surface area contributed by atoms with Crippen LogP contribution in [-0.2, 0) is 14.3 Å². The molecule has 0 spiro atoms. The summed E-state index contributed by atoms with van der Waals surface area (Å²) in [5.41, 5.74) is 0.451. The molecule has 0 aliphatic carbocycles. The van der Waals surface area contributed by atoms with E-state index < -0.39 is 36.3 Å². The molecule has 3 amide bonds. The summed E-state index contributed by atoms with van der Waals surface area (Å²) < 4.78 is 5.72. The van der Waals surface area contributed by atoms with Gasteiger partial charge in [0.2, 0.25) is 5.91 Å². The Bertz CT molecular complexity index is 749. The fourth-order valence-electron chi connectivity index (χ4n) is 2.74. The number of carboxylic acids is 1. The van der Waals surface area contributed by atoms with Crippen molar-refractivity contribution in [2.75, 3.05) is 26.3 Å². The Kier molecular flexibility index (Phi) is 4.37. The highest BCUT2D eigenvalue weighted by molar-refractivity contribution is 9.10. The van der Waals surface area contributed by atoms with E-state index in [0.29, 0.717) is 4.47 Å². The molecule has 8 nitrogen and oxygen atoms in total. The van der Waals surface area contributed by atoms with Gasteiger partial charge < -0.3 is 14.7 Å². The first kappa shape index (κ1) is 16.6. The largest absolute Gasteiger partial charge is 0.480 e. The molecular formula is C15H13BrN2O6. The number of amides is 3. The Labute approximate surface area is 145 Å². The number of ether oxygens (including phenoxy) is 1. The zero-order valence-corrected chi connectivity index (χ0v) is 14.0. The third-order valence-electron chi connectivity index (χ3n) is 3.96. The zero-order valence-electron chi connectivity index (χ0n) is 12.4. The second kappa shape index (κ2) is 6.33. The predicted molar refractivity (Wildman–Crippen MR) is 83.5 cm³/mol. The summed E-state index contributed by atoms with van der Waals surface area (Å²) in [6, 6.07) is 3.56. The van der Waals surface area contributed by atoms with Crippen LogP contribution in [0.5, 0.6) is 0 Å². The van der Waals surface area contributed by atoms with Gasteiger partial charge in [0.15, 0.2) is 6.04 Å². The molecule has 1 atom stereocenters. The molecule has 1 aromatic carbocycles. The number of rotatable bonds is 3. The molecule has 0 aromatic heterocycles. The number of hydrogen-bond acceptors (Lipinski definition) is 5. The Morgan fingerprint density at radius 2 is 1.96 bits per heavy atom. The van der Waals surface area contributed by atoms with Gasteiger partial charge in [0, 0.05) is 11.0 Å². The van der Waals surface area contributed by atoms with E-state index in [9.17, 15) is 19.2 Å². The summed E-state index contributed by atoms with van der Waals surface area (Å²) in [5.74, 6) is -2.91. The van der Waals surface area contributed by atoms with Crippen LogP contribution < -0.4 is 0 Å². The molecule has 0 bridgehead atoms. The SMILES string of the molecule is O=C(O)C1COCCN1C(=O)CN1C(=O)c2ccc(Br)cc2C1=O. The summed E-state index contributed by atoms with van der Waals surface area (Å²) in [4.78, 5) is 50.3.